The number of amides is 1. The van der Waals surface area contributed by atoms with Gasteiger partial charge in [0.25, 0.3) is 5.91 Å². The van der Waals surface area contributed by atoms with Gasteiger partial charge in [0.05, 0.1) is 5.52 Å². The zero-order valence-electron chi connectivity index (χ0n) is 14.2. The fraction of sp³-hybridized carbons (Fsp3) is 0.105. The largest absolute Gasteiger partial charge is 0.369 e. The van der Waals surface area contributed by atoms with Crippen LogP contribution in [-0.2, 0) is 6.54 Å². The maximum absolute atomic E-state index is 12.7. The molecule has 5 rings (SSSR count). The highest BCUT2D eigenvalue weighted by Gasteiger charge is 2.17. The van der Waals surface area contributed by atoms with Crippen LogP contribution < -0.4 is 10.9 Å². The zero-order valence-corrected chi connectivity index (χ0v) is 15.0. The van der Waals surface area contributed by atoms with Crippen molar-refractivity contribution in [1.29, 1.82) is 0 Å². The topological polar surface area (TPSA) is 85.1 Å². The maximum atomic E-state index is 12.7. The number of thiazole rings is 1. The Hall–Kier alpha value is -3.39. The van der Waals surface area contributed by atoms with Crippen molar-refractivity contribution in [2.24, 2.45) is 4.99 Å². The molecular formula is C19H14N6OS. The van der Waals surface area contributed by atoms with Crippen LogP contribution in [0.4, 0.5) is 5.82 Å². The molecule has 132 valence electrons. The smallest absolute Gasteiger partial charge is 0.299 e. The van der Waals surface area contributed by atoms with Crippen molar-refractivity contribution < 1.29 is 4.79 Å². The van der Waals surface area contributed by atoms with E-state index in [1.54, 1.807) is 17.8 Å². The van der Waals surface area contributed by atoms with E-state index in [0.717, 1.165) is 40.4 Å². The standard InChI is InChI=1S/C19H14N6OS/c26-17(15-11-27-18(22-15)12-4-3-7-20-10-12)24-19-23-14-6-2-1-5-13(14)16-21-8-9-25(16)19/h1-7,10-11,21H,8-9H2. The Kier molecular flexibility index (Phi) is 3.75. The van der Waals surface area contributed by atoms with E-state index < -0.39 is 5.91 Å². The lowest BCUT2D eigenvalue weighted by Gasteiger charge is -2.07. The minimum Gasteiger partial charge on any atom is -0.369 e. The van der Waals surface area contributed by atoms with Crippen molar-refractivity contribution in [2.45, 2.75) is 6.54 Å². The van der Waals surface area contributed by atoms with Gasteiger partial charge in [-0.3, -0.25) is 14.3 Å². The quantitative estimate of drug-likeness (QED) is 0.583. The molecule has 0 saturated heterocycles. The molecular weight excluding hydrogens is 360 g/mol. The summed E-state index contributed by atoms with van der Waals surface area (Å²) in [5.41, 5.74) is 2.40. The number of fused-ring (bicyclic) bond motifs is 3. The molecule has 0 spiro atoms. The number of nitrogens with zero attached hydrogens (tertiary/aromatic N) is 5. The van der Waals surface area contributed by atoms with Crippen molar-refractivity contribution in [3.05, 3.63) is 65.5 Å². The number of hydrogen-bond acceptors (Lipinski definition) is 6. The van der Waals surface area contributed by atoms with E-state index in [0.29, 0.717) is 11.3 Å². The first-order valence-electron chi connectivity index (χ1n) is 8.48. The number of benzene rings is 1. The lowest BCUT2D eigenvalue weighted by molar-refractivity contribution is 0.0992. The van der Waals surface area contributed by atoms with Gasteiger partial charge in [0.15, 0.2) is 0 Å². The summed E-state index contributed by atoms with van der Waals surface area (Å²) >= 11 is 1.40. The van der Waals surface area contributed by atoms with Crippen molar-refractivity contribution >= 4 is 34.0 Å². The van der Waals surface area contributed by atoms with E-state index in [1.807, 2.05) is 41.0 Å². The third-order valence-corrected chi connectivity index (χ3v) is 5.24. The molecule has 1 N–H and O–H groups in total. The summed E-state index contributed by atoms with van der Waals surface area (Å²) in [4.78, 5) is 30.0. The number of nitrogens with one attached hydrogen (secondary N) is 1. The van der Waals surface area contributed by atoms with Crippen LogP contribution in [0, 0.1) is 0 Å². The van der Waals surface area contributed by atoms with E-state index in [-0.39, 0.29) is 0 Å². The summed E-state index contributed by atoms with van der Waals surface area (Å²) in [6.07, 6.45) is 3.43. The molecule has 0 atom stereocenters. The third kappa shape index (κ3) is 2.80. The number of hydrogen-bond donors (Lipinski definition) is 1. The van der Waals surface area contributed by atoms with Gasteiger partial charge in [-0.2, -0.15) is 4.99 Å². The van der Waals surface area contributed by atoms with Gasteiger partial charge in [0.2, 0.25) is 5.62 Å². The lowest BCUT2D eigenvalue weighted by Crippen LogP contribution is -2.24. The van der Waals surface area contributed by atoms with E-state index >= 15 is 0 Å². The van der Waals surface area contributed by atoms with Gasteiger partial charge < -0.3 is 5.32 Å². The number of carbonyl (C=O) groups excluding carboxylic acids is 1. The Labute approximate surface area is 158 Å². The molecule has 0 radical (unpaired) electrons. The number of anilines is 1. The molecule has 1 amide bonds. The molecule has 4 aromatic rings. The fourth-order valence-electron chi connectivity index (χ4n) is 3.10. The van der Waals surface area contributed by atoms with Crippen molar-refractivity contribution in [1.82, 2.24) is 19.5 Å². The van der Waals surface area contributed by atoms with Crippen LogP contribution in [0.25, 0.3) is 21.5 Å². The van der Waals surface area contributed by atoms with Crippen molar-refractivity contribution in [3.8, 4) is 10.6 Å². The predicted octanol–water partition coefficient (Wildman–Crippen LogP) is 2.72. The molecule has 0 aliphatic carbocycles. The van der Waals surface area contributed by atoms with Gasteiger partial charge in [0.1, 0.15) is 16.5 Å². The second-order valence-electron chi connectivity index (χ2n) is 6.05. The van der Waals surface area contributed by atoms with Crippen LogP contribution in [0.2, 0.25) is 0 Å². The van der Waals surface area contributed by atoms with Gasteiger partial charge in [-0.15, -0.1) is 11.3 Å². The Morgan fingerprint density at radius 2 is 2.11 bits per heavy atom. The molecule has 7 nitrogen and oxygen atoms in total. The van der Waals surface area contributed by atoms with E-state index in [4.69, 9.17) is 0 Å². The van der Waals surface area contributed by atoms with Crippen molar-refractivity contribution in [2.75, 3.05) is 11.9 Å². The number of para-hydroxylation sites is 1. The van der Waals surface area contributed by atoms with E-state index in [1.165, 1.54) is 11.3 Å². The first-order valence-corrected chi connectivity index (χ1v) is 9.36. The Morgan fingerprint density at radius 3 is 3.00 bits per heavy atom. The van der Waals surface area contributed by atoms with Gasteiger partial charge in [-0.25, -0.2) is 9.97 Å². The molecule has 0 bridgehead atoms. The Morgan fingerprint density at radius 1 is 1.19 bits per heavy atom. The molecule has 1 aliphatic heterocycles. The minimum atomic E-state index is -0.397. The summed E-state index contributed by atoms with van der Waals surface area (Å²) in [7, 11) is 0. The third-order valence-electron chi connectivity index (χ3n) is 4.35. The average molecular weight is 374 g/mol. The number of rotatable bonds is 2. The lowest BCUT2D eigenvalue weighted by atomic mass is 10.2. The Bertz CT molecular complexity index is 1230. The van der Waals surface area contributed by atoms with Gasteiger partial charge in [-0.1, -0.05) is 12.1 Å². The Balaban J connectivity index is 1.58. The highest BCUT2D eigenvalue weighted by Crippen LogP contribution is 2.24. The summed E-state index contributed by atoms with van der Waals surface area (Å²) in [6, 6.07) is 11.6. The van der Waals surface area contributed by atoms with Crippen LogP contribution >= 0.6 is 11.3 Å². The number of pyridine rings is 1. The minimum absolute atomic E-state index is 0.314. The molecule has 27 heavy (non-hydrogen) atoms. The van der Waals surface area contributed by atoms with E-state index in [2.05, 4.69) is 25.3 Å². The molecule has 0 saturated carbocycles. The average Bonchev–Trinajstić information content (AvgIpc) is 3.39. The van der Waals surface area contributed by atoms with Crippen LogP contribution in [0.15, 0.2) is 59.2 Å². The zero-order chi connectivity index (χ0) is 18.2. The van der Waals surface area contributed by atoms with Crippen LogP contribution in [-0.4, -0.2) is 32.0 Å². The highest BCUT2D eigenvalue weighted by atomic mass is 32.1. The monoisotopic (exact) mass is 374 g/mol. The first-order chi connectivity index (χ1) is 13.3. The molecule has 4 heterocycles. The summed E-state index contributed by atoms with van der Waals surface area (Å²) < 4.78 is 1.94. The number of aromatic nitrogens is 4. The molecule has 3 aromatic heterocycles. The second-order valence-corrected chi connectivity index (χ2v) is 6.91. The first kappa shape index (κ1) is 15.8. The second kappa shape index (κ2) is 6.40. The van der Waals surface area contributed by atoms with E-state index in [9.17, 15) is 4.79 Å². The number of carbonyl (C=O) groups is 1. The summed E-state index contributed by atoms with van der Waals surface area (Å²) in [6.45, 7) is 1.51. The highest BCUT2D eigenvalue weighted by molar-refractivity contribution is 7.13. The van der Waals surface area contributed by atoms with Crippen LogP contribution in [0.3, 0.4) is 0 Å². The SMILES string of the molecule is O=C(N=c1nc2ccccc2c2n1CCN2)c1csc(-c2cccnc2)n1. The predicted molar refractivity (Wildman–Crippen MR) is 103 cm³/mol. The van der Waals surface area contributed by atoms with Crippen LogP contribution in [0.1, 0.15) is 10.5 Å². The normalized spacial score (nSPS) is 13.6. The van der Waals surface area contributed by atoms with Crippen molar-refractivity contribution in [3.63, 3.8) is 0 Å². The summed E-state index contributed by atoms with van der Waals surface area (Å²) in [5.74, 6) is 0.548. The summed E-state index contributed by atoms with van der Waals surface area (Å²) in [5, 5.41) is 6.84. The molecule has 1 aromatic carbocycles. The molecule has 8 heteroatoms. The van der Waals surface area contributed by atoms with Gasteiger partial charge in [0, 0.05) is 41.8 Å². The molecule has 0 unspecified atom stereocenters. The van der Waals surface area contributed by atoms with Crippen LogP contribution in [0.5, 0.6) is 0 Å². The fourth-order valence-corrected chi connectivity index (χ4v) is 3.89. The van der Waals surface area contributed by atoms with Gasteiger partial charge >= 0.3 is 0 Å². The molecule has 0 fully saturated rings. The molecule has 1 aliphatic rings. The van der Waals surface area contributed by atoms with Gasteiger partial charge in [-0.05, 0) is 24.3 Å². The maximum Gasteiger partial charge on any atom is 0.299 e.